The minimum Gasteiger partial charge on any atom is -0.450 e. The van der Waals surface area contributed by atoms with Gasteiger partial charge in [0.05, 0.1) is 12.3 Å². The number of hydrogen-bond donors (Lipinski definition) is 2. The Kier molecular flexibility index (Phi) is 5.94. The number of aryl methyl sites for hydroxylation is 2. The van der Waals surface area contributed by atoms with Gasteiger partial charge in [0.25, 0.3) is 0 Å². The van der Waals surface area contributed by atoms with Gasteiger partial charge < -0.3 is 15.0 Å². The van der Waals surface area contributed by atoms with Gasteiger partial charge in [-0.25, -0.2) is 4.79 Å². The van der Waals surface area contributed by atoms with E-state index in [1.807, 2.05) is 0 Å². The van der Waals surface area contributed by atoms with Gasteiger partial charge in [-0.3, -0.25) is 9.89 Å². The van der Waals surface area contributed by atoms with Crippen molar-refractivity contribution in [1.29, 1.82) is 0 Å². The third-order valence-electron chi connectivity index (χ3n) is 5.12. The number of carbonyl (C=O) groups is 2. The zero-order valence-corrected chi connectivity index (χ0v) is 15.0. The second-order valence-electron chi connectivity index (χ2n) is 6.86. The van der Waals surface area contributed by atoms with Crippen LogP contribution in [0.2, 0.25) is 0 Å². The monoisotopic (exact) mass is 348 g/mol. The standard InChI is InChI=1S/C18H28N4O3/c1-2-25-18(24)22-11-9-13(10-12-22)19-17(23)8-7-16-14-5-3-4-6-15(14)20-21-16/h13H,2-12H2,1H3,(H,19,23)(H,20,21). The summed E-state index contributed by atoms with van der Waals surface area (Å²) in [6, 6.07) is 0.145. The predicted molar refractivity (Wildman–Crippen MR) is 93.3 cm³/mol. The number of rotatable bonds is 5. The number of nitrogens with one attached hydrogen (secondary N) is 2. The summed E-state index contributed by atoms with van der Waals surface area (Å²) in [5.41, 5.74) is 3.65. The molecule has 0 spiro atoms. The van der Waals surface area contributed by atoms with Gasteiger partial charge in [-0.05, 0) is 51.0 Å². The largest absolute Gasteiger partial charge is 0.450 e. The highest BCUT2D eigenvalue weighted by atomic mass is 16.6. The van der Waals surface area contributed by atoms with Crippen LogP contribution in [0.3, 0.4) is 0 Å². The SMILES string of the molecule is CCOC(=O)N1CCC(NC(=O)CCc2n[nH]c3c2CCCC3)CC1. The van der Waals surface area contributed by atoms with Crippen molar-refractivity contribution in [3.05, 3.63) is 17.0 Å². The number of ether oxygens (including phenoxy) is 1. The van der Waals surface area contributed by atoms with Gasteiger partial charge >= 0.3 is 6.09 Å². The lowest BCUT2D eigenvalue weighted by molar-refractivity contribution is -0.122. The number of H-pyrrole nitrogens is 1. The molecule has 7 heteroatoms. The Morgan fingerprint density at radius 1 is 1.28 bits per heavy atom. The second-order valence-corrected chi connectivity index (χ2v) is 6.86. The Morgan fingerprint density at radius 2 is 2.04 bits per heavy atom. The van der Waals surface area contributed by atoms with E-state index in [-0.39, 0.29) is 18.0 Å². The predicted octanol–water partition coefficient (Wildman–Crippen LogP) is 1.96. The van der Waals surface area contributed by atoms with E-state index < -0.39 is 0 Å². The summed E-state index contributed by atoms with van der Waals surface area (Å²) in [5.74, 6) is 0.0714. The van der Waals surface area contributed by atoms with E-state index in [1.54, 1.807) is 11.8 Å². The molecule has 1 aliphatic heterocycles. The number of aromatic amines is 1. The molecule has 0 bridgehead atoms. The van der Waals surface area contributed by atoms with E-state index in [0.29, 0.717) is 32.5 Å². The van der Waals surface area contributed by atoms with Crippen LogP contribution < -0.4 is 5.32 Å². The summed E-state index contributed by atoms with van der Waals surface area (Å²) in [6.07, 6.45) is 7.06. The van der Waals surface area contributed by atoms with E-state index in [1.165, 1.54) is 24.1 Å². The van der Waals surface area contributed by atoms with Crippen LogP contribution in [0, 0.1) is 0 Å². The molecular formula is C18H28N4O3. The van der Waals surface area contributed by atoms with Crippen molar-refractivity contribution in [3.63, 3.8) is 0 Å². The normalized spacial score (nSPS) is 17.9. The summed E-state index contributed by atoms with van der Waals surface area (Å²) < 4.78 is 5.01. The van der Waals surface area contributed by atoms with Crippen LogP contribution in [-0.4, -0.2) is 52.8 Å². The van der Waals surface area contributed by atoms with Gasteiger partial charge in [0.15, 0.2) is 0 Å². The average Bonchev–Trinajstić information content (AvgIpc) is 3.04. The molecule has 0 saturated carbocycles. The minimum absolute atomic E-state index is 0.0714. The van der Waals surface area contributed by atoms with Gasteiger partial charge in [-0.2, -0.15) is 5.10 Å². The van der Waals surface area contributed by atoms with Crippen LogP contribution in [0.4, 0.5) is 4.79 Å². The average molecular weight is 348 g/mol. The van der Waals surface area contributed by atoms with E-state index in [4.69, 9.17) is 4.74 Å². The maximum atomic E-state index is 12.2. The first-order valence-corrected chi connectivity index (χ1v) is 9.43. The van der Waals surface area contributed by atoms with Crippen molar-refractivity contribution >= 4 is 12.0 Å². The molecule has 0 radical (unpaired) electrons. The molecule has 1 fully saturated rings. The molecule has 3 rings (SSSR count). The number of aromatic nitrogens is 2. The fourth-order valence-electron chi connectivity index (χ4n) is 3.71. The summed E-state index contributed by atoms with van der Waals surface area (Å²) >= 11 is 0. The lowest BCUT2D eigenvalue weighted by atomic mass is 9.94. The Morgan fingerprint density at radius 3 is 2.80 bits per heavy atom. The number of carbonyl (C=O) groups excluding carboxylic acids is 2. The van der Waals surface area contributed by atoms with Gasteiger partial charge in [0.2, 0.25) is 5.91 Å². The lowest BCUT2D eigenvalue weighted by Crippen LogP contribution is -2.46. The fourth-order valence-corrected chi connectivity index (χ4v) is 3.71. The molecule has 2 N–H and O–H groups in total. The Bertz CT molecular complexity index is 605. The maximum Gasteiger partial charge on any atom is 0.409 e. The Labute approximate surface area is 148 Å². The zero-order chi connectivity index (χ0) is 17.6. The summed E-state index contributed by atoms with van der Waals surface area (Å²) in [5, 5.41) is 10.6. The second kappa shape index (κ2) is 8.36. The van der Waals surface area contributed by atoms with Crippen molar-refractivity contribution in [2.24, 2.45) is 0 Å². The molecule has 2 aliphatic rings. The molecule has 1 aromatic rings. The molecule has 2 amide bonds. The molecule has 7 nitrogen and oxygen atoms in total. The first-order valence-electron chi connectivity index (χ1n) is 9.43. The molecule has 1 saturated heterocycles. The number of hydrogen-bond acceptors (Lipinski definition) is 4. The number of fused-ring (bicyclic) bond motifs is 1. The maximum absolute atomic E-state index is 12.2. The fraction of sp³-hybridized carbons (Fsp3) is 0.722. The number of piperidine rings is 1. The third-order valence-corrected chi connectivity index (χ3v) is 5.12. The highest BCUT2D eigenvalue weighted by Gasteiger charge is 2.24. The first kappa shape index (κ1) is 17.8. The van der Waals surface area contributed by atoms with E-state index in [0.717, 1.165) is 31.4 Å². The van der Waals surface area contributed by atoms with Crippen LogP contribution in [0.1, 0.15) is 56.0 Å². The number of nitrogens with zero attached hydrogens (tertiary/aromatic N) is 2. The quantitative estimate of drug-likeness (QED) is 0.851. The van der Waals surface area contributed by atoms with Crippen LogP contribution in [0.5, 0.6) is 0 Å². The van der Waals surface area contributed by atoms with Crippen molar-refractivity contribution in [2.75, 3.05) is 19.7 Å². The summed E-state index contributed by atoms with van der Waals surface area (Å²) in [6.45, 7) is 3.47. The smallest absolute Gasteiger partial charge is 0.409 e. The molecule has 2 heterocycles. The van der Waals surface area contributed by atoms with Crippen LogP contribution in [0.25, 0.3) is 0 Å². The van der Waals surface area contributed by atoms with Crippen molar-refractivity contribution in [2.45, 2.75) is 64.3 Å². The molecule has 138 valence electrons. The third kappa shape index (κ3) is 4.52. The molecule has 0 unspecified atom stereocenters. The topological polar surface area (TPSA) is 87.3 Å². The van der Waals surface area contributed by atoms with Crippen molar-refractivity contribution in [3.8, 4) is 0 Å². The summed E-state index contributed by atoms with van der Waals surface area (Å²) in [7, 11) is 0. The van der Waals surface area contributed by atoms with Crippen LogP contribution in [0.15, 0.2) is 0 Å². The summed E-state index contributed by atoms with van der Waals surface area (Å²) in [4.78, 5) is 25.6. The molecular weight excluding hydrogens is 320 g/mol. The van der Waals surface area contributed by atoms with Crippen LogP contribution in [-0.2, 0) is 28.8 Å². The van der Waals surface area contributed by atoms with Gasteiger partial charge in [-0.15, -0.1) is 0 Å². The lowest BCUT2D eigenvalue weighted by Gasteiger charge is -2.31. The Hall–Kier alpha value is -2.05. The van der Waals surface area contributed by atoms with Gasteiger partial charge in [0, 0.05) is 37.7 Å². The number of likely N-dealkylation sites (tertiary alicyclic amines) is 1. The van der Waals surface area contributed by atoms with Crippen molar-refractivity contribution < 1.29 is 14.3 Å². The Balaban J connectivity index is 1.40. The van der Waals surface area contributed by atoms with E-state index in [9.17, 15) is 9.59 Å². The first-order chi connectivity index (χ1) is 12.2. The number of amides is 2. The van der Waals surface area contributed by atoms with Crippen molar-refractivity contribution in [1.82, 2.24) is 20.4 Å². The molecule has 1 aliphatic carbocycles. The van der Waals surface area contributed by atoms with Crippen LogP contribution >= 0.6 is 0 Å². The van der Waals surface area contributed by atoms with E-state index in [2.05, 4.69) is 15.5 Å². The van der Waals surface area contributed by atoms with E-state index >= 15 is 0 Å². The van der Waals surface area contributed by atoms with Gasteiger partial charge in [-0.1, -0.05) is 0 Å². The van der Waals surface area contributed by atoms with Gasteiger partial charge in [0.1, 0.15) is 0 Å². The highest BCUT2D eigenvalue weighted by Crippen LogP contribution is 2.23. The highest BCUT2D eigenvalue weighted by molar-refractivity contribution is 5.76. The zero-order valence-electron chi connectivity index (χ0n) is 15.0. The molecule has 25 heavy (non-hydrogen) atoms. The minimum atomic E-state index is -0.254. The molecule has 0 aromatic carbocycles. The molecule has 0 atom stereocenters. The molecule has 1 aromatic heterocycles.